The van der Waals surface area contributed by atoms with Crippen molar-refractivity contribution in [2.24, 2.45) is 5.73 Å². The van der Waals surface area contributed by atoms with Crippen molar-refractivity contribution in [3.63, 3.8) is 0 Å². The Labute approximate surface area is 172 Å². The molecule has 1 saturated heterocycles. The molecule has 2 heterocycles. The highest BCUT2D eigenvalue weighted by atomic mass is 19.1. The fraction of sp³-hybridized carbons (Fsp3) is 0.227. The van der Waals surface area contributed by atoms with E-state index in [4.69, 9.17) is 10.5 Å². The number of hydrogen-bond acceptors (Lipinski definition) is 4. The lowest BCUT2D eigenvalue weighted by atomic mass is 9.73. The average molecular weight is 408 g/mol. The van der Waals surface area contributed by atoms with Crippen molar-refractivity contribution in [2.75, 3.05) is 18.5 Å². The summed E-state index contributed by atoms with van der Waals surface area (Å²) in [4.78, 5) is 24.5. The van der Waals surface area contributed by atoms with Gasteiger partial charge in [0.15, 0.2) is 0 Å². The number of halogens is 1. The monoisotopic (exact) mass is 408 g/mol. The number of nitrogens with zero attached hydrogens (tertiary/aromatic N) is 2. The summed E-state index contributed by atoms with van der Waals surface area (Å²) in [6.07, 6.45) is 2.68. The van der Waals surface area contributed by atoms with Crippen LogP contribution in [0.15, 0.2) is 60.8 Å². The van der Waals surface area contributed by atoms with Gasteiger partial charge in [0.05, 0.1) is 11.1 Å². The molecule has 2 amide bonds. The molecule has 3 aromatic rings. The third-order valence-electron chi connectivity index (χ3n) is 5.41. The van der Waals surface area contributed by atoms with E-state index in [9.17, 15) is 14.0 Å². The molecule has 0 unspecified atom stereocenters. The zero-order chi connectivity index (χ0) is 21.1. The number of carbonyl (C=O) groups is 2. The molecule has 0 radical (unpaired) electrons. The number of hydrogen-bond donors (Lipinski definition) is 2. The van der Waals surface area contributed by atoms with E-state index in [0.717, 1.165) is 11.3 Å². The smallest absolute Gasteiger partial charge is 0.269 e. The van der Waals surface area contributed by atoms with Gasteiger partial charge in [0.2, 0.25) is 5.91 Å². The van der Waals surface area contributed by atoms with Crippen LogP contribution >= 0.6 is 0 Å². The Kier molecular flexibility index (Phi) is 5.33. The highest BCUT2D eigenvalue weighted by Crippen LogP contribution is 2.36. The van der Waals surface area contributed by atoms with Crippen LogP contribution in [0.2, 0.25) is 0 Å². The Morgan fingerprint density at radius 1 is 1.03 bits per heavy atom. The van der Waals surface area contributed by atoms with Gasteiger partial charge in [0.1, 0.15) is 11.5 Å². The SMILES string of the molecule is NC(=O)c1ccn(-c2ccc(NC(=O)C3(c4ccc(F)cc4)CCOCC3)cc2)n1. The van der Waals surface area contributed by atoms with E-state index in [-0.39, 0.29) is 17.4 Å². The number of anilines is 1. The van der Waals surface area contributed by atoms with Crippen molar-refractivity contribution in [2.45, 2.75) is 18.3 Å². The van der Waals surface area contributed by atoms with E-state index in [1.807, 2.05) is 0 Å². The molecule has 0 aliphatic carbocycles. The van der Waals surface area contributed by atoms with Gasteiger partial charge in [-0.05, 0) is 60.9 Å². The molecule has 7 nitrogen and oxygen atoms in total. The summed E-state index contributed by atoms with van der Waals surface area (Å²) in [5.74, 6) is -1.09. The number of carbonyl (C=O) groups excluding carboxylic acids is 2. The first-order valence-corrected chi connectivity index (χ1v) is 9.59. The van der Waals surface area contributed by atoms with Crippen LogP contribution in [0.4, 0.5) is 10.1 Å². The molecule has 1 aromatic heterocycles. The van der Waals surface area contributed by atoms with Crippen LogP contribution in [0.25, 0.3) is 5.69 Å². The topological polar surface area (TPSA) is 99.2 Å². The summed E-state index contributed by atoms with van der Waals surface area (Å²) in [6, 6.07) is 14.7. The number of amides is 2. The minimum absolute atomic E-state index is 0.153. The predicted molar refractivity (Wildman–Crippen MR) is 109 cm³/mol. The van der Waals surface area contributed by atoms with Crippen molar-refractivity contribution in [1.29, 1.82) is 0 Å². The molecule has 154 valence electrons. The summed E-state index contributed by atoms with van der Waals surface area (Å²) in [7, 11) is 0. The molecule has 0 bridgehead atoms. The molecule has 30 heavy (non-hydrogen) atoms. The molecule has 8 heteroatoms. The highest BCUT2D eigenvalue weighted by molar-refractivity contribution is 5.99. The maximum atomic E-state index is 13.4. The van der Waals surface area contributed by atoms with Gasteiger partial charge in [0, 0.05) is 25.1 Å². The molecular weight excluding hydrogens is 387 g/mol. The minimum atomic E-state index is -0.775. The maximum absolute atomic E-state index is 13.4. The van der Waals surface area contributed by atoms with E-state index in [2.05, 4.69) is 10.4 Å². The second-order valence-corrected chi connectivity index (χ2v) is 7.21. The summed E-state index contributed by atoms with van der Waals surface area (Å²) < 4.78 is 20.4. The van der Waals surface area contributed by atoms with E-state index in [0.29, 0.717) is 31.7 Å². The van der Waals surface area contributed by atoms with Crippen LogP contribution in [0.3, 0.4) is 0 Å². The molecule has 2 aromatic carbocycles. The number of aromatic nitrogens is 2. The van der Waals surface area contributed by atoms with Gasteiger partial charge >= 0.3 is 0 Å². The predicted octanol–water partition coefficient (Wildman–Crippen LogP) is 2.80. The van der Waals surface area contributed by atoms with Gasteiger partial charge in [-0.25, -0.2) is 9.07 Å². The third-order valence-corrected chi connectivity index (χ3v) is 5.41. The van der Waals surface area contributed by atoms with Crippen LogP contribution in [0.1, 0.15) is 28.9 Å². The van der Waals surface area contributed by atoms with Crippen molar-refractivity contribution in [3.8, 4) is 5.69 Å². The van der Waals surface area contributed by atoms with E-state index < -0.39 is 11.3 Å². The van der Waals surface area contributed by atoms with E-state index >= 15 is 0 Å². The molecule has 3 N–H and O–H groups in total. The number of rotatable bonds is 5. The number of nitrogens with one attached hydrogen (secondary N) is 1. The molecule has 1 aliphatic heterocycles. The Hall–Kier alpha value is -3.52. The lowest BCUT2D eigenvalue weighted by Crippen LogP contribution is -2.44. The first-order valence-electron chi connectivity index (χ1n) is 9.59. The highest BCUT2D eigenvalue weighted by Gasteiger charge is 2.41. The quantitative estimate of drug-likeness (QED) is 0.678. The first-order chi connectivity index (χ1) is 14.5. The summed E-state index contributed by atoms with van der Waals surface area (Å²) >= 11 is 0. The van der Waals surface area contributed by atoms with Gasteiger partial charge in [-0.1, -0.05) is 12.1 Å². The van der Waals surface area contributed by atoms with Gasteiger partial charge < -0.3 is 15.8 Å². The van der Waals surface area contributed by atoms with Crippen LogP contribution in [0.5, 0.6) is 0 Å². The minimum Gasteiger partial charge on any atom is -0.381 e. The Balaban J connectivity index is 1.55. The van der Waals surface area contributed by atoms with Crippen LogP contribution < -0.4 is 11.1 Å². The van der Waals surface area contributed by atoms with Crippen molar-refractivity contribution in [3.05, 3.63) is 77.9 Å². The van der Waals surface area contributed by atoms with Gasteiger partial charge in [-0.3, -0.25) is 9.59 Å². The maximum Gasteiger partial charge on any atom is 0.269 e. The van der Waals surface area contributed by atoms with Crippen LogP contribution in [-0.2, 0) is 14.9 Å². The van der Waals surface area contributed by atoms with Crippen molar-refractivity contribution in [1.82, 2.24) is 9.78 Å². The number of ether oxygens (including phenoxy) is 1. The van der Waals surface area contributed by atoms with E-state index in [1.54, 1.807) is 42.6 Å². The summed E-state index contributed by atoms with van der Waals surface area (Å²) in [5, 5.41) is 7.09. The average Bonchev–Trinajstić information content (AvgIpc) is 3.26. The third kappa shape index (κ3) is 3.81. The van der Waals surface area contributed by atoms with Gasteiger partial charge in [-0.2, -0.15) is 5.10 Å². The standard InChI is InChI=1S/C22H21FN4O3/c23-16-3-1-15(2-4-16)22(10-13-30-14-11-22)21(29)25-17-5-7-18(8-6-17)27-12-9-19(26-27)20(24)28/h1-9,12H,10-11,13-14H2,(H2,24,28)(H,25,29). The van der Waals surface area contributed by atoms with Gasteiger partial charge in [0.25, 0.3) is 5.91 Å². The van der Waals surface area contributed by atoms with E-state index in [1.165, 1.54) is 22.9 Å². The zero-order valence-corrected chi connectivity index (χ0v) is 16.2. The summed E-state index contributed by atoms with van der Waals surface area (Å²) in [5.41, 5.74) is 6.75. The summed E-state index contributed by atoms with van der Waals surface area (Å²) in [6.45, 7) is 0.927. The molecule has 0 spiro atoms. The molecule has 1 aliphatic rings. The van der Waals surface area contributed by atoms with Crippen molar-refractivity contribution >= 4 is 17.5 Å². The second kappa shape index (κ2) is 8.08. The molecule has 1 fully saturated rings. The lowest BCUT2D eigenvalue weighted by molar-refractivity contribution is -0.125. The van der Waals surface area contributed by atoms with Crippen LogP contribution in [0, 0.1) is 5.82 Å². The Morgan fingerprint density at radius 3 is 2.30 bits per heavy atom. The zero-order valence-electron chi connectivity index (χ0n) is 16.2. The van der Waals surface area contributed by atoms with Crippen LogP contribution in [-0.4, -0.2) is 34.8 Å². The Bertz CT molecular complexity index is 1050. The van der Waals surface area contributed by atoms with Crippen molar-refractivity contribution < 1.29 is 18.7 Å². The number of primary amides is 1. The Morgan fingerprint density at radius 2 is 1.70 bits per heavy atom. The number of nitrogens with two attached hydrogens (primary N) is 1. The number of benzene rings is 2. The molecular formula is C22H21FN4O3. The fourth-order valence-electron chi connectivity index (χ4n) is 3.68. The second-order valence-electron chi connectivity index (χ2n) is 7.21. The first kappa shape index (κ1) is 19.8. The molecule has 0 saturated carbocycles. The molecule has 0 atom stereocenters. The lowest BCUT2D eigenvalue weighted by Gasteiger charge is -2.36. The molecule has 4 rings (SSSR count). The normalized spacial score (nSPS) is 15.5. The largest absolute Gasteiger partial charge is 0.381 e. The fourth-order valence-corrected chi connectivity index (χ4v) is 3.68. The van der Waals surface area contributed by atoms with Gasteiger partial charge in [-0.15, -0.1) is 0 Å².